The summed E-state index contributed by atoms with van der Waals surface area (Å²) in [5, 5.41) is 0. The summed E-state index contributed by atoms with van der Waals surface area (Å²) in [6.07, 6.45) is -0.889. The van der Waals surface area contributed by atoms with Crippen LogP contribution in [-0.2, 0) is 16.0 Å². The zero-order valence-corrected chi connectivity index (χ0v) is 11.0. The van der Waals surface area contributed by atoms with Crippen LogP contribution in [-0.4, -0.2) is 12.9 Å². The second-order valence-electron chi connectivity index (χ2n) is 4.41. The number of halogens is 2. The maximum absolute atomic E-state index is 13.5. The zero-order valence-electron chi connectivity index (χ0n) is 11.0. The number of hydrogen-bond acceptors (Lipinski definition) is 2. The number of rotatable bonds is 5. The molecular weight excluding hydrogens is 262 g/mol. The van der Waals surface area contributed by atoms with E-state index in [-0.39, 0.29) is 17.8 Å². The zero-order chi connectivity index (χ0) is 14.5. The van der Waals surface area contributed by atoms with Gasteiger partial charge in [0.1, 0.15) is 17.7 Å². The highest BCUT2D eigenvalue weighted by atomic mass is 19.1. The molecular formula is C16H14F2O2. The average molecular weight is 276 g/mol. The fourth-order valence-corrected chi connectivity index (χ4v) is 2.03. The van der Waals surface area contributed by atoms with Gasteiger partial charge in [-0.1, -0.05) is 36.4 Å². The standard InChI is InChI=1S/C16H14F2O2/c1-20-16(11-5-3-2-4-6-11)15(19)9-12-7-8-13(17)10-14(12)18/h2-8,10,16H,9H2,1H3. The molecule has 0 aliphatic heterocycles. The highest BCUT2D eigenvalue weighted by molar-refractivity contribution is 5.86. The molecule has 0 amide bonds. The largest absolute Gasteiger partial charge is 0.369 e. The lowest BCUT2D eigenvalue weighted by molar-refractivity contribution is -0.128. The van der Waals surface area contributed by atoms with Crippen LogP contribution in [0.4, 0.5) is 8.78 Å². The summed E-state index contributed by atoms with van der Waals surface area (Å²) in [4.78, 5) is 12.2. The van der Waals surface area contributed by atoms with E-state index in [9.17, 15) is 13.6 Å². The third-order valence-electron chi connectivity index (χ3n) is 3.01. The number of hydrogen-bond donors (Lipinski definition) is 0. The summed E-state index contributed by atoms with van der Waals surface area (Å²) < 4.78 is 31.6. The number of methoxy groups -OCH3 is 1. The van der Waals surface area contributed by atoms with Crippen LogP contribution in [0, 0.1) is 11.6 Å². The van der Waals surface area contributed by atoms with Crippen LogP contribution in [0.2, 0.25) is 0 Å². The Kier molecular flexibility index (Phi) is 4.58. The van der Waals surface area contributed by atoms with Gasteiger partial charge in [-0.05, 0) is 17.2 Å². The molecule has 0 fully saturated rings. The van der Waals surface area contributed by atoms with Gasteiger partial charge in [-0.2, -0.15) is 0 Å². The molecule has 2 rings (SSSR count). The van der Waals surface area contributed by atoms with Gasteiger partial charge in [-0.25, -0.2) is 8.78 Å². The molecule has 0 saturated carbocycles. The number of ketones is 1. The van der Waals surface area contributed by atoms with Gasteiger partial charge < -0.3 is 4.74 Å². The Labute approximate surface area is 116 Å². The molecule has 104 valence electrons. The smallest absolute Gasteiger partial charge is 0.170 e. The summed E-state index contributed by atoms with van der Waals surface area (Å²) in [7, 11) is 1.43. The first-order valence-corrected chi connectivity index (χ1v) is 6.16. The third kappa shape index (κ3) is 3.27. The fourth-order valence-electron chi connectivity index (χ4n) is 2.03. The van der Waals surface area contributed by atoms with E-state index in [4.69, 9.17) is 4.74 Å². The van der Waals surface area contributed by atoms with E-state index < -0.39 is 17.7 Å². The average Bonchev–Trinajstić information content (AvgIpc) is 2.44. The second-order valence-corrected chi connectivity index (χ2v) is 4.41. The Balaban J connectivity index is 2.18. The van der Waals surface area contributed by atoms with Crippen molar-refractivity contribution in [1.82, 2.24) is 0 Å². The molecule has 0 aliphatic rings. The van der Waals surface area contributed by atoms with Gasteiger partial charge in [0, 0.05) is 19.6 Å². The molecule has 0 saturated heterocycles. The Morgan fingerprint density at radius 1 is 1.15 bits per heavy atom. The van der Waals surface area contributed by atoms with E-state index in [1.807, 2.05) is 6.07 Å². The first-order valence-electron chi connectivity index (χ1n) is 6.16. The molecule has 0 aromatic heterocycles. The number of benzene rings is 2. The monoisotopic (exact) mass is 276 g/mol. The predicted octanol–water partition coefficient (Wildman–Crippen LogP) is 3.46. The minimum Gasteiger partial charge on any atom is -0.369 e. The topological polar surface area (TPSA) is 26.3 Å². The second kappa shape index (κ2) is 6.39. The van der Waals surface area contributed by atoms with Gasteiger partial charge in [0.2, 0.25) is 0 Å². The van der Waals surface area contributed by atoms with Gasteiger partial charge in [0.15, 0.2) is 5.78 Å². The van der Waals surface area contributed by atoms with Gasteiger partial charge in [-0.15, -0.1) is 0 Å². The van der Waals surface area contributed by atoms with Gasteiger partial charge in [0.05, 0.1) is 0 Å². The minimum atomic E-state index is -0.749. The number of Topliss-reactive ketones (excluding diaryl/α,β-unsaturated/α-hetero) is 1. The summed E-state index contributed by atoms with van der Waals surface area (Å²) in [5.74, 6) is -1.66. The molecule has 20 heavy (non-hydrogen) atoms. The summed E-state index contributed by atoms with van der Waals surface area (Å²) in [6.45, 7) is 0. The van der Waals surface area contributed by atoms with Crippen molar-refractivity contribution in [2.45, 2.75) is 12.5 Å². The molecule has 2 aromatic carbocycles. The number of ether oxygens (including phenoxy) is 1. The molecule has 2 aromatic rings. The summed E-state index contributed by atoms with van der Waals surface area (Å²) in [5.41, 5.74) is 0.872. The quantitative estimate of drug-likeness (QED) is 0.836. The summed E-state index contributed by atoms with van der Waals surface area (Å²) in [6, 6.07) is 12.2. The van der Waals surface area contributed by atoms with Crippen molar-refractivity contribution in [2.75, 3.05) is 7.11 Å². The molecule has 1 atom stereocenters. The van der Waals surface area contributed by atoms with Gasteiger partial charge in [0.25, 0.3) is 0 Å². The molecule has 0 N–H and O–H groups in total. The number of carbonyl (C=O) groups excluding carboxylic acids is 1. The van der Waals surface area contributed by atoms with E-state index >= 15 is 0 Å². The highest BCUT2D eigenvalue weighted by Crippen LogP contribution is 2.20. The predicted molar refractivity (Wildman–Crippen MR) is 71.3 cm³/mol. The van der Waals surface area contributed by atoms with E-state index in [2.05, 4.69) is 0 Å². The van der Waals surface area contributed by atoms with Crippen LogP contribution >= 0.6 is 0 Å². The molecule has 0 aliphatic carbocycles. The fraction of sp³-hybridized carbons (Fsp3) is 0.188. The Bertz CT molecular complexity index is 597. The third-order valence-corrected chi connectivity index (χ3v) is 3.01. The van der Waals surface area contributed by atoms with Crippen LogP contribution < -0.4 is 0 Å². The van der Waals surface area contributed by atoms with Gasteiger partial charge >= 0.3 is 0 Å². The van der Waals surface area contributed by atoms with Crippen LogP contribution in [0.25, 0.3) is 0 Å². The summed E-state index contributed by atoms with van der Waals surface area (Å²) >= 11 is 0. The Hall–Kier alpha value is -2.07. The molecule has 4 heteroatoms. The van der Waals surface area contributed by atoms with Crippen LogP contribution in [0.15, 0.2) is 48.5 Å². The lowest BCUT2D eigenvalue weighted by Crippen LogP contribution is -2.17. The number of carbonyl (C=O) groups is 1. The SMILES string of the molecule is COC(C(=O)Cc1ccc(F)cc1F)c1ccccc1. The lowest BCUT2D eigenvalue weighted by atomic mass is 9.99. The van der Waals surface area contributed by atoms with Crippen molar-refractivity contribution in [3.8, 4) is 0 Å². The van der Waals surface area contributed by atoms with Crippen molar-refractivity contribution in [1.29, 1.82) is 0 Å². The van der Waals surface area contributed by atoms with Crippen molar-refractivity contribution in [2.24, 2.45) is 0 Å². The van der Waals surface area contributed by atoms with Crippen LogP contribution in [0.1, 0.15) is 17.2 Å². The molecule has 0 heterocycles. The minimum absolute atomic E-state index is 0.139. The van der Waals surface area contributed by atoms with Crippen LogP contribution in [0.5, 0.6) is 0 Å². The van der Waals surface area contributed by atoms with E-state index in [0.29, 0.717) is 5.56 Å². The van der Waals surface area contributed by atoms with Crippen molar-refractivity contribution in [3.63, 3.8) is 0 Å². The van der Waals surface area contributed by atoms with E-state index in [1.165, 1.54) is 13.2 Å². The van der Waals surface area contributed by atoms with E-state index in [1.54, 1.807) is 24.3 Å². The lowest BCUT2D eigenvalue weighted by Gasteiger charge is -2.14. The molecule has 0 spiro atoms. The maximum Gasteiger partial charge on any atom is 0.170 e. The molecule has 0 bridgehead atoms. The van der Waals surface area contributed by atoms with E-state index in [0.717, 1.165) is 12.1 Å². The molecule has 1 unspecified atom stereocenters. The van der Waals surface area contributed by atoms with Crippen molar-refractivity contribution < 1.29 is 18.3 Å². The van der Waals surface area contributed by atoms with Crippen molar-refractivity contribution >= 4 is 5.78 Å². The molecule has 0 radical (unpaired) electrons. The Morgan fingerprint density at radius 2 is 1.85 bits per heavy atom. The normalized spacial score (nSPS) is 12.2. The maximum atomic E-state index is 13.5. The molecule has 2 nitrogen and oxygen atoms in total. The first kappa shape index (κ1) is 14.3. The van der Waals surface area contributed by atoms with Crippen LogP contribution in [0.3, 0.4) is 0 Å². The highest BCUT2D eigenvalue weighted by Gasteiger charge is 2.21. The van der Waals surface area contributed by atoms with Crippen molar-refractivity contribution in [3.05, 3.63) is 71.3 Å². The van der Waals surface area contributed by atoms with Gasteiger partial charge in [-0.3, -0.25) is 4.79 Å². The Morgan fingerprint density at radius 3 is 2.45 bits per heavy atom. The first-order chi connectivity index (χ1) is 9.61.